The summed E-state index contributed by atoms with van der Waals surface area (Å²) < 4.78 is 19.1. The van der Waals surface area contributed by atoms with E-state index in [1.807, 2.05) is 25.1 Å². The predicted octanol–water partition coefficient (Wildman–Crippen LogP) is 2.73. The van der Waals surface area contributed by atoms with E-state index in [2.05, 4.69) is 5.32 Å². The molecule has 1 fully saturated rings. The molecule has 1 aromatic carbocycles. The zero-order valence-corrected chi connectivity index (χ0v) is 16.1. The Morgan fingerprint density at radius 1 is 1.37 bits per heavy atom. The Hall–Kier alpha value is -1.79. The molecule has 1 aliphatic heterocycles. The van der Waals surface area contributed by atoms with Crippen LogP contribution in [-0.2, 0) is 16.0 Å². The second-order valence-electron chi connectivity index (χ2n) is 7.56. The zero-order chi connectivity index (χ0) is 19.4. The molecule has 6 heteroatoms. The number of carbonyl (C=O) groups excluding carboxylic acids is 2. The monoisotopic (exact) mass is 376 g/mol. The van der Waals surface area contributed by atoms with Crippen molar-refractivity contribution in [1.82, 2.24) is 10.2 Å². The number of carbonyl (C=O) groups is 2. The number of fused-ring (bicyclic) bond motifs is 1. The lowest BCUT2D eigenvalue weighted by molar-refractivity contribution is -0.132. The molecule has 4 atom stereocenters. The molecule has 1 aromatic rings. The van der Waals surface area contributed by atoms with E-state index >= 15 is 0 Å². The minimum Gasteiger partial charge on any atom is -0.382 e. The summed E-state index contributed by atoms with van der Waals surface area (Å²) in [7, 11) is 1.50. The van der Waals surface area contributed by atoms with Crippen LogP contribution >= 0.6 is 0 Å². The summed E-state index contributed by atoms with van der Waals surface area (Å²) in [5, 5.41) is 3.35. The number of amides is 2. The van der Waals surface area contributed by atoms with E-state index < -0.39 is 6.17 Å². The van der Waals surface area contributed by atoms with Gasteiger partial charge in [0.1, 0.15) is 6.17 Å². The van der Waals surface area contributed by atoms with Crippen LogP contribution in [0.25, 0.3) is 0 Å². The molecule has 27 heavy (non-hydrogen) atoms. The van der Waals surface area contributed by atoms with Crippen molar-refractivity contribution >= 4 is 11.8 Å². The highest BCUT2D eigenvalue weighted by Gasteiger charge is 2.38. The number of alkyl halides is 1. The van der Waals surface area contributed by atoms with Crippen molar-refractivity contribution in [2.75, 3.05) is 20.3 Å². The number of ether oxygens (including phenoxy) is 1. The SMILES string of the molecule is CCC(N[C@@H]1CCC(C(=O)N2CCc3ccccc3C2=O)C1)C(F)COC. The number of hydrogen-bond acceptors (Lipinski definition) is 4. The Bertz CT molecular complexity index is 681. The van der Waals surface area contributed by atoms with E-state index in [9.17, 15) is 14.0 Å². The van der Waals surface area contributed by atoms with E-state index in [1.54, 1.807) is 6.07 Å². The molecule has 3 unspecified atom stereocenters. The first-order valence-electron chi connectivity index (χ1n) is 9.87. The third-order valence-corrected chi connectivity index (χ3v) is 5.80. The van der Waals surface area contributed by atoms with E-state index in [4.69, 9.17) is 4.74 Å². The van der Waals surface area contributed by atoms with E-state index in [1.165, 1.54) is 12.0 Å². The average Bonchev–Trinajstić information content (AvgIpc) is 3.15. The maximum Gasteiger partial charge on any atom is 0.260 e. The van der Waals surface area contributed by atoms with Gasteiger partial charge < -0.3 is 10.1 Å². The molecule has 2 aliphatic rings. The third kappa shape index (κ3) is 4.38. The summed E-state index contributed by atoms with van der Waals surface area (Å²) in [5.41, 5.74) is 1.64. The van der Waals surface area contributed by atoms with Crippen LogP contribution in [0.1, 0.15) is 48.5 Å². The van der Waals surface area contributed by atoms with Gasteiger partial charge in [0.25, 0.3) is 5.91 Å². The van der Waals surface area contributed by atoms with Crippen LogP contribution < -0.4 is 5.32 Å². The lowest BCUT2D eigenvalue weighted by Gasteiger charge is -2.29. The Kier molecular flexibility index (Phi) is 6.60. The molecule has 148 valence electrons. The Balaban J connectivity index is 1.59. The van der Waals surface area contributed by atoms with Crippen molar-refractivity contribution in [2.45, 2.75) is 57.3 Å². The summed E-state index contributed by atoms with van der Waals surface area (Å²) in [4.78, 5) is 27.1. The maximum atomic E-state index is 14.2. The molecule has 0 saturated heterocycles. The van der Waals surface area contributed by atoms with Gasteiger partial charge in [-0.1, -0.05) is 25.1 Å². The summed E-state index contributed by atoms with van der Waals surface area (Å²) in [6, 6.07) is 7.32. The number of methoxy groups -OCH3 is 1. The molecule has 3 rings (SSSR count). The fourth-order valence-electron chi connectivity index (χ4n) is 4.27. The fourth-order valence-corrected chi connectivity index (χ4v) is 4.27. The second kappa shape index (κ2) is 8.93. The van der Waals surface area contributed by atoms with Gasteiger partial charge in [-0.05, 0) is 43.7 Å². The first-order chi connectivity index (χ1) is 13.0. The first kappa shape index (κ1) is 20.0. The normalized spacial score (nSPS) is 24.6. The molecule has 1 heterocycles. The summed E-state index contributed by atoms with van der Waals surface area (Å²) in [6.07, 6.45) is 2.53. The van der Waals surface area contributed by atoms with Crippen molar-refractivity contribution in [2.24, 2.45) is 5.92 Å². The lowest BCUT2D eigenvalue weighted by Crippen LogP contribution is -2.46. The van der Waals surface area contributed by atoms with Gasteiger partial charge in [0.15, 0.2) is 0 Å². The molecule has 1 aliphatic carbocycles. The van der Waals surface area contributed by atoms with Crippen molar-refractivity contribution in [3.8, 4) is 0 Å². The van der Waals surface area contributed by atoms with Gasteiger partial charge in [0.05, 0.1) is 6.61 Å². The minimum atomic E-state index is -1.06. The van der Waals surface area contributed by atoms with Gasteiger partial charge in [-0.3, -0.25) is 14.5 Å². The molecule has 1 saturated carbocycles. The number of nitrogens with zero attached hydrogens (tertiary/aromatic N) is 1. The topological polar surface area (TPSA) is 58.6 Å². The smallest absolute Gasteiger partial charge is 0.260 e. The van der Waals surface area contributed by atoms with Crippen molar-refractivity contribution in [1.29, 1.82) is 0 Å². The van der Waals surface area contributed by atoms with Crippen LogP contribution in [0.5, 0.6) is 0 Å². The van der Waals surface area contributed by atoms with Gasteiger partial charge in [0.2, 0.25) is 5.91 Å². The van der Waals surface area contributed by atoms with Crippen molar-refractivity contribution < 1.29 is 18.7 Å². The number of imide groups is 1. The zero-order valence-electron chi connectivity index (χ0n) is 16.1. The Morgan fingerprint density at radius 2 is 2.15 bits per heavy atom. The standard InChI is InChI=1S/C21H29FN2O3/c1-3-19(18(22)13-27-2)23-16-9-8-15(12-16)20(25)24-11-10-14-6-4-5-7-17(14)21(24)26/h4-7,15-16,18-19,23H,3,8-13H2,1-2H3/t15?,16-,18?,19?/m1/s1. The van der Waals surface area contributed by atoms with Crippen molar-refractivity contribution in [3.63, 3.8) is 0 Å². The number of rotatable bonds is 7. The molecule has 2 amide bonds. The predicted molar refractivity (Wildman–Crippen MR) is 101 cm³/mol. The van der Waals surface area contributed by atoms with Crippen LogP contribution in [0.3, 0.4) is 0 Å². The Morgan fingerprint density at radius 3 is 2.89 bits per heavy atom. The van der Waals surface area contributed by atoms with Gasteiger partial charge in [-0.25, -0.2) is 4.39 Å². The first-order valence-corrected chi connectivity index (χ1v) is 9.87. The molecule has 0 radical (unpaired) electrons. The number of nitrogens with one attached hydrogen (secondary N) is 1. The Labute approximate surface area is 160 Å². The summed E-state index contributed by atoms with van der Waals surface area (Å²) >= 11 is 0. The highest BCUT2D eigenvalue weighted by molar-refractivity contribution is 6.07. The van der Waals surface area contributed by atoms with Crippen LogP contribution in [0.15, 0.2) is 24.3 Å². The molecular formula is C21H29FN2O3. The highest BCUT2D eigenvalue weighted by atomic mass is 19.1. The second-order valence-corrected chi connectivity index (χ2v) is 7.56. The van der Waals surface area contributed by atoms with Gasteiger partial charge in [-0.15, -0.1) is 0 Å². The fraction of sp³-hybridized carbons (Fsp3) is 0.619. The van der Waals surface area contributed by atoms with Crippen molar-refractivity contribution in [3.05, 3.63) is 35.4 Å². The van der Waals surface area contributed by atoms with Crippen LogP contribution in [0.2, 0.25) is 0 Å². The molecular weight excluding hydrogens is 347 g/mol. The quantitative estimate of drug-likeness (QED) is 0.744. The number of benzene rings is 1. The van der Waals surface area contributed by atoms with Gasteiger partial charge in [-0.2, -0.15) is 0 Å². The molecule has 1 N–H and O–H groups in total. The van der Waals surface area contributed by atoms with Crippen LogP contribution in [0.4, 0.5) is 4.39 Å². The minimum absolute atomic E-state index is 0.0717. The molecule has 0 spiro atoms. The summed E-state index contributed by atoms with van der Waals surface area (Å²) in [6.45, 7) is 2.46. The summed E-state index contributed by atoms with van der Waals surface area (Å²) in [5.74, 6) is -0.441. The van der Waals surface area contributed by atoms with E-state index in [-0.39, 0.29) is 36.4 Å². The molecule has 5 nitrogen and oxygen atoms in total. The van der Waals surface area contributed by atoms with Crippen LogP contribution in [-0.4, -0.2) is 55.2 Å². The van der Waals surface area contributed by atoms with Crippen LogP contribution in [0, 0.1) is 5.92 Å². The van der Waals surface area contributed by atoms with Gasteiger partial charge >= 0.3 is 0 Å². The number of hydrogen-bond donors (Lipinski definition) is 1. The van der Waals surface area contributed by atoms with E-state index in [0.29, 0.717) is 31.4 Å². The molecule has 0 bridgehead atoms. The van der Waals surface area contributed by atoms with E-state index in [0.717, 1.165) is 18.4 Å². The maximum absolute atomic E-state index is 14.2. The number of halogens is 1. The highest BCUT2D eigenvalue weighted by Crippen LogP contribution is 2.30. The molecule has 0 aromatic heterocycles. The third-order valence-electron chi connectivity index (χ3n) is 5.80. The average molecular weight is 376 g/mol. The van der Waals surface area contributed by atoms with Gasteiger partial charge in [0, 0.05) is 37.2 Å². The lowest BCUT2D eigenvalue weighted by atomic mass is 9.97. The largest absolute Gasteiger partial charge is 0.382 e.